The smallest absolute Gasteiger partial charge is 0.265 e. The highest BCUT2D eigenvalue weighted by Crippen LogP contribution is 2.28. The van der Waals surface area contributed by atoms with Gasteiger partial charge in [-0.2, -0.15) is 0 Å². The van der Waals surface area contributed by atoms with Crippen LogP contribution in [0.5, 0.6) is 0 Å². The number of aromatic nitrogens is 1. The zero-order valence-corrected chi connectivity index (χ0v) is 13.0. The molecular formula is C14H18N4O2S. The molecule has 0 spiro atoms. The summed E-state index contributed by atoms with van der Waals surface area (Å²) in [4.78, 5) is 5.85. The predicted molar refractivity (Wildman–Crippen MR) is 85.4 cm³/mol. The average Bonchev–Trinajstić information content (AvgIpc) is 2.47. The zero-order valence-electron chi connectivity index (χ0n) is 12.2. The number of hydrogen-bond acceptors (Lipinski definition) is 5. The van der Waals surface area contributed by atoms with Gasteiger partial charge in [0.2, 0.25) is 0 Å². The lowest BCUT2D eigenvalue weighted by Crippen LogP contribution is -2.18. The summed E-state index contributed by atoms with van der Waals surface area (Å²) in [5.41, 5.74) is 1.81. The molecule has 1 heterocycles. The molecule has 0 aliphatic heterocycles. The van der Waals surface area contributed by atoms with E-state index in [1.165, 1.54) is 6.20 Å². The molecule has 7 heteroatoms. The molecule has 0 aliphatic carbocycles. The summed E-state index contributed by atoms with van der Waals surface area (Å²) in [7, 11) is 1.67. The molecule has 0 atom stereocenters. The minimum atomic E-state index is -3.71. The molecular weight excluding hydrogens is 288 g/mol. The van der Waals surface area contributed by atoms with Gasteiger partial charge in [0.15, 0.2) is 0 Å². The van der Waals surface area contributed by atoms with Crippen LogP contribution in [0.25, 0.3) is 0 Å². The molecule has 0 amide bonds. The van der Waals surface area contributed by atoms with Crippen LogP contribution in [-0.2, 0) is 10.0 Å². The summed E-state index contributed by atoms with van der Waals surface area (Å²) >= 11 is 0. The standard InChI is InChI=1S/C14H18N4O2S/c1-15-12-8-9-16-10-14(12)21(19,20)17-11-6-4-5-7-13(11)18(2)3/h4-10,17H,1-3H3,(H,15,16). The van der Waals surface area contributed by atoms with E-state index in [0.717, 1.165) is 5.69 Å². The van der Waals surface area contributed by atoms with Crippen LogP contribution in [0.2, 0.25) is 0 Å². The number of benzene rings is 1. The first-order chi connectivity index (χ1) is 9.95. The lowest BCUT2D eigenvalue weighted by Gasteiger charge is -2.19. The van der Waals surface area contributed by atoms with Crippen molar-refractivity contribution in [3.63, 3.8) is 0 Å². The molecule has 0 saturated heterocycles. The molecule has 6 nitrogen and oxygen atoms in total. The van der Waals surface area contributed by atoms with E-state index in [0.29, 0.717) is 11.4 Å². The van der Waals surface area contributed by atoms with Crippen LogP contribution in [0.15, 0.2) is 47.6 Å². The summed E-state index contributed by atoms with van der Waals surface area (Å²) < 4.78 is 27.7. The average molecular weight is 306 g/mol. The maximum atomic E-state index is 12.5. The fourth-order valence-corrected chi connectivity index (χ4v) is 3.18. The fourth-order valence-electron chi connectivity index (χ4n) is 1.95. The number of nitrogens with one attached hydrogen (secondary N) is 2. The topological polar surface area (TPSA) is 74.3 Å². The second kappa shape index (κ2) is 6.01. The third-order valence-electron chi connectivity index (χ3n) is 2.97. The first kappa shape index (κ1) is 15.1. The molecule has 1 aromatic carbocycles. The Morgan fingerprint density at radius 3 is 2.48 bits per heavy atom. The van der Waals surface area contributed by atoms with Gasteiger partial charge < -0.3 is 10.2 Å². The van der Waals surface area contributed by atoms with Gasteiger partial charge in [0.25, 0.3) is 10.0 Å². The molecule has 21 heavy (non-hydrogen) atoms. The highest BCUT2D eigenvalue weighted by Gasteiger charge is 2.20. The second-order valence-electron chi connectivity index (χ2n) is 4.64. The highest BCUT2D eigenvalue weighted by molar-refractivity contribution is 7.92. The monoisotopic (exact) mass is 306 g/mol. The Morgan fingerprint density at radius 1 is 1.10 bits per heavy atom. The molecule has 1 aromatic heterocycles. The Balaban J connectivity index is 2.43. The Morgan fingerprint density at radius 2 is 1.81 bits per heavy atom. The van der Waals surface area contributed by atoms with Crippen LogP contribution in [0.4, 0.5) is 17.1 Å². The second-order valence-corrected chi connectivity index (χ2v) is 6.29. The molecule has 0 saturated carbocycles. The quantitative estimate of drug-likeness (QED) is 0.883. The summed E-state index contributed by atoms with van der Waals surface area (Å²) in [5.74, 6) is 0. The van der Waals surface area contributed by atoms with Crippen molar-refractivity contribution in [3.8, 4) is 0 Å². The van der Waals surface area contributed by atoms with Crippen molar-refractivity contribution in [1.82, 2.24) is 4.98 Å². The van der Waals surface area contributed by atoms with Gasteiger partial charge in [-0.05, 0) is 18.2 Å². The van der Waals surface area contributed by atoms with E-state index in [1.807, 2.05) is 31.1 Å². The number of para-hydroxylation sites is 2. The van der Waals surface area contributed by atoms with Gasteiger partial charge in [-0.15, -0.1) is 0 Å². The van der Waals surface area contributed by atoms with Gasteiger partial charge in [0.05, 0.1) is 17.1 Å². The summed E-state index contributed by atoms with van der Waals surface area (Å²) in [5, 5.41) is 2.86. The maximum Gasteiger partial charge on any atom is 0.265 e. The number of rotatable bonds is 5. The van der Waals surface area contributed by atoms with Crippen molar-refractivity contribution in [1.29, 1.82) is 0 Å². The van der Waals surface area contributed by atoms with Crippen LogP contribution in [0.1, 0.15) is 0 Å². The number of anilines is 3. The lowest BCUT2D eigenvalue weighted by molar-refractivity contribution is 0.601. The number of sulfonamides is 1. The van der Waals surface area contributed by atoms with Crippen molar-refractivity contribution in [2.75, 3.05) is 36.1 Å². The van der Waals surface area contributed by atoms with Crippen LogP contribution in [-0.4, -0.2) is 34.5 Å². The largest absolute Gasteiger partial charge is 0.387 e. The molecule has 0 bridgehead atoms. The minimum absolute atomic E-state index is 0.112. The van der Waals surface area contributed by atoms with Crippen LogP contribution >= 0.6 is 0 Å². The Hall–Kier alpha value is -2.28. The van der Waals surface area contributed by atoms with Crippen LogP contribution < -0.4 is 14.9 Å². The van der Waals surface area contributed by atoms with Crippen molar-refractivity contribution in [2.24, 2.45) is 0 Å². The van der Waals surface area contributed by atoms with E-state index in [2.05, 4.69) is 15.0 Å². The molecule has 2 aromatic rings. The van der Waals surface area contributed by atoms with Crippen LogP contribution in [0, 0.1) is 0 Å². The maximum absolute atomic E-state index is 12.5. The minimum Gasteiger partial charge on any atom is -0.387 e. The van der Waals surface area contributed by atoms with Crippen LogP contribution in [0.3, 0.4) is 0 Å². The van der Waals surface area contributed by atoms with E-state index >= 15 is 0 Å². The third-order valence-corrected chi connectivity index (χ3v) is 4.37. The van der Waals surface area contributed by atoms with Gasteiger partial charge in [0.1, 0.15) is 4.90 Å². The molecule has 2 N–H and O–H groups in total. The van der Waals surface area contributed by atoms with Crippen molar-refractivity contribution in [2.45, 2.75) is 4.90 Å². The van der Waals surface area contributed by atoms with E-state index in [1.54, 1.807) is 31.4 Å². The molecule has 112 valence electrons. The first-order valence-corrected chi connectivity index (χ1v) is 7.85. The molecule has 0 radical (unpaired) electrons. The first-order valence-electron chi connectivity index (χ1n) is 6.36. The normalized spacial score (nSPS) is 11.0. The van der Waals surface area contributed by atoms with Gasteiger partial charge >= 0.3 is 0 Å². The van der Waals surface area contributed by atoms with Gasteiger partial charge in [-0.1, -0.05) is 12.1 Å². The van der Waals surface area contributed by atoms with Gasteiger partial charge in [-0.3, -0.25) is 9.71 Å². The van der Waals surface area contributed by atoms with Crippen molar-refractivity contribution in [3.05, 3.63) is 42.7 Å². The molecule has 0 unspecified atom stereocenters. The Bertz CT molecular complexity index is 729. The lowest BCUT2D eigenvalue weighted by atomic mass is 10.2. The number of pyridine rings is 1. The van der Waals surface area contributed by atoms with E-state index in [4.69, 9.17) is 0 Å². The third kappa shape index (κ3) is 3.25. The van der Waals surface area contributed by atoms with E-state index in [-0.39, 0.29) is 4.90 Å². The van der Waals surface area contributed by atoms with E-state index < -0.39 is 10.0 Å². The van der Waals surface area contributed by atoms with E-state index in [9.17, 15) is 8.42 Å². The number of nitrogens with zero attached hydrogens (tertiary/aromatic N) is 2. The van der Waals surface area contributed by atoms with Gasteiger partial charge in [-0.25, -0.2) is 8.42 Å². The zero-order chi connectivity index (χ0) is 15.5. The highest BCUT2D eigenvalue weighted by atomic mass is 32.2. The fraction of sp³-hybridized carbons (Fsp3) is 0.214. The molecule has 2 rings (SSSR count). The van der Waals surface area contributed by atoms with Gasteiger partial charge in [0, 0.05) is 33.5 Å². The summed E-state index contributed by atoms with van der Waals surface area (Å²) in [6, 6.07) is 8.83. The molecule has 0 aliphatic rings. The predicted octanol–water partition coefficient (Wildman–Crippen LogP) is 1.99. The Kier molecular flexibility index (Phi) is 4.32. The molecule has 0 fully saturated rings. The summed E-state index contributed by atoms with van der Waals surface area (Å²) in [6.45, 7) is 0. The van der Waals surface area contributed by atoms with Crippen molar-refractivity contribution >= 4 is 27.1 Å². The SMILES string of the molecule is CNc1ccncc1S(=O)(=O)Nc1ccccc1N(C)C. The Labute approximate surface area is 124 Å². The number of hydrogen-bond donors (Lipinski definition) is 2. The summed E-state index contributed by atoms with van der Waals surface area (Å²) in [6.07, 6.45) is 2.87. The van der Waals surface area contributed by atoms with Crippen molar-refractivity contribution < 1.29 is 8.42 Å².